The Labute approximate surface area is 216 Å². The molecular formula is C24H19ClF3N5O5. The van der Waals surface area contributed by atoms with E-state index in [1.165, 1.54) is 44.7 Å². The molecule has 0 saturated carbocycles. The van der Waals surface area contributed by atoms with Crippen molar-refractivity contribution < 1.29 is 22.6 Å². The SMILES string of the molecule is COc1cc(Cl)c(Nc2nc(=O)n(Cc3ccc[nH]c3=O)c(=O)n2Cc2cc(F)c(F)c(F)c2)c(OC)c1. The summed E-state index contributed by atoms with van der Waals surface area (Å²) in [6, 6.07) is 7.23. The standard InChI is InChI=1S/C24H19ClF3N5O5/c1-37-14-8-15(25)20(18(9-14)38-2)30-22-31-23(35)33(11-13-4-3-5-29-21(13)34)24(36)32(22)10-12-6-16(26)19(28)17(27)7-12/h3-9H,10-11H2,1-2H3,(H,29,34)(H,30,31,35). The fourth-order valence-corrected chi connectivity index (χ4v) is 3.85. The van der Waals surface area contributed by atoms with E-state index < -0.39 is 47.5 Å². The highest BCUT2D eigenvalue weighted by molar-refractivity contribution is 6.33. The van der Waals surface area contributed by atoms with E-state index in [1.54, 1.807) is 0 Å². The third-order valence-electron chi connectivity index (χ3n) is 5.48. The quantitative estimate of drug-likeness (QED) is 0.324. The van der Waals surface area contributed by atoms with Crippen LogP contribution in [0.1, 0.15) is 11.1 Å². The van der Waals surface area contributed by atoms with Crippen LogP contribution in [0.3, 0.4) is 0 Å². The Balaban J connectivity index is 1.89. The van der Waals surface area contributed by atoms with Gasteiger partial charge < -0.3 is 19.8 Å². The van der Waals surface area contributed by atoms with Crippen LogP contribution < -0.4 is 31.7 Å². The van der Waals surface area contributed by atoms with E-state index in [-0.39, 0.29) is 33.5 Å². The fraction of sp³-hybridized carbons (Fsp3) is 0.167. The lowest BCUT2D eigenvalue weighted by molar-refractivity contribution is 0.395. The first-order valence-electron chi connectivity index (χ1n) is 10.8. The van der Waals surface area contributed by atoms with Crippen LogP contribution in [-0.4, -0.2) is 33.3 Å². The predicted molar refractivity (Wildman–Crippen MR) is 132 cm³/mol. The minimum atomic E-state index is -1.68. The lowest BCUT2D eigenvalue weighted by atomic mass is 10.2. The van der Waals surface area contributed by atoms with Gasteiger partial charge in [-0.1, -0.05) is 17.7 Å². The van der Waals surface area contributed by atoms with Gasteiger partial charge in [-0.25, -0.2) is 27.3 Å². The van der Waals surface area contributed by atoms with E-state index in [2.05, 4.69) is 15.3 Å². The van der Waals surface area contributed by atoms with E-state index in [9.17, 15) is 27.6 Å². The zero-order valence-corrected chi connectivity index (χ0v) is 20.6. The van der Waals surface area contributed by atoms with Crippen LogP contribution in [0.5, 0.6) is 11.5 Å². The van der Waals surface area contributed by atoms with Gasteiger partial charge in [-0.2, -0.15) is 4.98 Å². The number of anilines is 2. The highest BCUT2D eigenvalue weighted by Gasteiger charge is 2.20. The molecular weight excluding hydrogens is 531 g/mol. The molecule has 0 amide bonds. The number of benzene rings is 2. The lowest BCUT2D eigenvalue weighted by Crippen LogP contribution is -2.43. The Hall–Kier alpha value is -4.52. The van der Waals surface area contributed by atoms with E-state index in [0.717, 1.165) is 4.57 Å². The summed E-state index contributed by atoms with van der Waals surface area (Å²) in [5.74, 6) is -4.48. The average molecular weight is 550 g/mol. The molecule has 10 nitrogen and oxygen atoms in total. The van der Waals surface area contributed by atoms with Gasteiger partial charge in [-0.3, -0.25) is 9.36 Å². The predicted octanol–water partition coefficient (Wildman–Crippen LogP) is 3.02. The molecule has 0 unspecified atom stereocenters. The molecule has 2 aromatic heterocycles. The highest BCUT2D eigenvalue weighted by Crippen LogP contribution is 2.38. The third kappa shape index (κ3) is 5.27. The van der Waals surface area contributed by atoms with Gasteiger partial charge in [-0.05, 0) is 23.8 Å². The number of aromatic amines is 1. The number of nitrogens with one attached hydrogen (secondary N) is 2. The largest absolute Gasteiger partial charge is 0.497 e. The van der Waals surface area contributed by atoms with Crippen LogP contribution in [0, 0.1) is 17.5 Å². The Morgan fingerprint density at radius 3 is 2.34 bits per heavy atom. The van der Waals surface area contributed by atoms with Crippen LogP contribution in [0.4, 0.5) is 24.8 Å². The lowest BCUT2D eigenvalue weighted by Gasteiger charge is -2.18. The Morgan fingerprint density at radius 1 is 1.00 bits per heavy atom. The smallest absolute Gasteiger partial charge is 0.355 e. The van der Waals surface area contributed by atoms with Crippen molar-refractivity contribution >= 4 is 23.2 Å². The molecule has 0 radical (unpaired) electrons. The molecule has 2 N–H and O–H groups in total. The van der Waals surface area contributed by atoms with Crippen molar-refractivity contribution in [3.8, 4) is 11.5 Å². The number of H-pyrrole nitrogens is 1. The number of nitrogens with zero attached hydrogens (tertiary/aromatic N) is 3. The molecule has 2 aromatic carbocycles. The summed E-state index contributed by atoms with van der Waals surface area (Å²) < 4.78 is 53.4. The maximum Gasteiger partial charge on any atom is 0.355 e. The van der Waals surface area contributed by atoms with Gasteiger partial charge in [0.15, 0.2) is 17.5 Å². The minimum Gasteiger partial charge on any atom is -0.497 e. The summed E-state index contributed by atoms with van der Waals surface area (Å²) in [7, 11) is 2.76. The first kappa shape index (κ1) is 26.5. The molecule has 4 aromatic rings. The van der Waals surface area contributed by atoms with E-state index in [4.69, 9.17) is 21.1 Å². The van der Waals surface area contributed by atoms with Crippen molar-refractivity contribution in [2.75, 3.05) is 19.5 Å². The van der Waals surface area contributed by atoms with Crippen molar-refractivity contribution in [3.05, 3.63) is 108 Å². The number of hydrogen-bond donors (Lipinski definition) is 2. The van der Waals surface area contributed by atoms with Crippen molar-refractivity contribution in [3.63, 3.8) is 0 Å². The summed E-state index contributed by atoms with van der Waals surface area (Å²) in [4.78, 5) is 44.9. The van der Waals surface area contributed by atoms with Crippen LogP contribution in [0.15, 0.2) is 57.0 Å². The Bertz CT molecular complexity index is 1680. The van der Waals surface area contributed by atoms with Gasteiger partial charge in [0.1, 0.15) is 17.2 Å². The fourth-order valence-electron chi connectivity index (χ4n) is 3.61. The van der Waals surface area contributed by atoms with E-state index >= 15 is 0 Å². The molecule has 0 atom stereocenters. The van der Waals surface area contributed by atoms with Crippen molar-refractivity contribution in [1.82, 2.24) is 19.1 Å². The van der Waals surface area contributed by atoms with Crippen LogP contribution in [0.25, 0.3) is 0 Å². The first-order chi connectivity index (χ1) is 18.1. The number of halogens is 4. The van der Waals surface area contributed by atoms with Gasteiger partial charge in [0.25, 0.3) is 5.56 Å². The third-order valence-corrected chi connectivity index (χ3v) is 5.78. The van der Waals surface area contributed by atoms with Gasteiger partial charge in [0, 0.05) is 23.9 Å². The summed E-state index contributed by atoms with van der Waals surface area (Å²) >= 11 is 6.35. The molecule has 2 heterocycles. The molecule has 0 aliphatic carbocycles. The molecule has 0 aliphatic heterocycles. The molecule has 14 heteroatoms. The van der Waals surface area contributed by atoms with Crippen LogP contribution in [0.2, 0.25) is 5.02 Å². The summed E-state index contributed by atoms with van der Waals surface area (Å²) in [6.45, 7) is -0.982. The Kier molecular flexibility index (Phi) is 7.57. The molecule has 38 heavy (non-hydrogen) atoms. The van der Waals surface area contributed by atoms with Crippen molar-refractivity contribution in [2.24, 2.45) is 0 Å². The maximum atomic E-state index is 13.9. The maximum absolute atomic E-state index is 13.9. The minimum absolute atomic E-state index is 0.0702. The number of aromatic nitrogens is 4. The highest BCUT2D eigenvalue weighted by atomic mass is 35.5. The monoisotopic (exact) mass is 549 g/mol. The number of rotatable bonds is 8. The van der Waals surface area contributed by atoms with Gasteiger partial charge in [0.2, 0.25) is 5.95 Å². The number of ether oxygens (including phenoxy) is 2. The molecule has 198 valence electrons. The van der Waals surface area contributed by atoms with E-state index in [0.29, 0.717) is 22.4 Å². The molecule has 4 rings (SSSR count). The Morgan fingerprint density at radius 2 is 1.71 bits per heavy atom. The van der Waals surface area contributed by atoms with Crippen LogP contribution >= 0.6 is 11.6 Å². The summed E-state index contributed by atoms with van der Waals surface area (Å²) in [6.07, 6.45) is 1.38. The molecule has 0 fully saturated rings. The molecule has 0 aliphatic rings. The van der Waals surface area contributed by atoms with Gasteiger partial charge >= 0.3 is 11.4 Å². The van der Waals surface area contributed by atoms with Crippen molar-refractivity contribution in [2.45, 2.75) is 13.1 Å². The first-order valence-corrected chi connectivity index (χ1v) is 11.2. The average Bonchev–Trinajstić information content (AvgIpc) is 2.89. The molecule has 0 spiro atoms. The second-order valence-corrected chi connectivity index (χ2v) is 8.29. The summed E-state index contributed by atoms with van der Waals surface area (Å²) in [5, 5.41) is 2.82. The zero-order valence-electron chi connectivity index (χ0n) is 19.9. The number of pyridine rings is 1. The molecule has 0 saturated heterocycles. The summed E-state index contributed by atoms with van der Waals surface area (Å²) in [5.41, 5.74) is -2.52. The van der Waals surface area contributed by atoms with Crippen LogP contribution in [-0.2, 0) is 13.1 Å². The van der Waals surface area contributed by atoms with Gasteiger partial charge in [-0.15, -0.1) is 0 Å². The van der Waals surface area contributed by atoms with Crippen molar-refractivity contribution in [1.29, 1.82) is 0 Å². The molecule has 0 bridgehead atoms. The zero-order chi connectivity index (χ0) is 27.6. The number of hydrogen-bond acceptors (Lipinski definition) is 7. The normalized spacial score (nSPS) is 10.9. The van der Waals surface area contributed by atoms with E-state index in [1.807, 2.05) is 0 Å². The number of methoxy groups -OCH3 is 2. The van der Waals surface area contributed by atoms with Gasteiger partial charge in [0.05, 0.1) is 32.3 Å². The second-order valence-electron chi connectivity index (χ2n) is 7.88. The topological polar surface area (TPSA) is 120 Å². The second kappa shape index (κ2) is 10.8.